The van der Waals surface area contributed by atoms with Crippen LogP contribution in [0.15, 0.2) is 42.7 Å². The predicted octanol–water partition coefficient (Wildman–Crippen LogP) is 3.30. The van der Waals surface area contributed by atoms with Crippen molar-refractivity contribution in [3.8, 4) is 5.75 Å². The van der Waals surface area contributed by atoms with E-state index < -0.39 is 6.61 Å². The lowest BCUT2D eigenvalue weighted by molar-refractivity contribution is -0.0498. The number of hydrogen-bond donors (Lipinski definition) is 1. The summed E-state index contributed by atoms with van der Waals surface area (Å²) < 4.78 is 28.6. The average molecular weight is 278 g/mol. The summed E-state index contributed by atoms with van der Waals surface area (Å²) >= 11 is 0. The molecule has 2 aromatic rings. The normalized spacial score (nSPS) is 12.4. The molecule has 3 nitrogen and oxygen atoms in total. The van der Waals surface area contributed by atoms with Crippen LogP contribution in [0.5, 0.6) is 5.75 Å². The molecule has 1 unspecified atom stereocenters. The third-order valence-electron chi connectivity index (χ3n) is 3.12. The van der Waals surface area contributed by atoms with Gasteiger partial charge in [-0.1, -0.05) is 12.1 Å². The van der Waals surface area contributed by atoms with Crippen molar-refractivity contribution in [3.63, 3.8) is 0 Å². The minimum absolute atomic E-state index is 0.0377. The minimum Gasteiger partial charge on any atom is -0.435 e. The standard InChI is InChI=1S/C15H16F2N2O/c1-10-7-8-19-9-13(10)14(18-2)11-3-5-12(6-4-11)20-15(16)17/h3-9,14-15,18H,1-2H3. The van der Waals surface area contributed by atoms with E-state index in [1.54, 1.807) is 24.5 Å². The predicted molar refractivity (Wildman–Crippen MR) is 73.0 cm³/mol. The zero-order valence-corrected chi connectivity index (χ0v) is 11.3. The van der Waals surface area contributed by atoms with E-state index in [-0.39, 0.29) is 11.8 Å². The molecule has 2 rings (SSSR count). The molecule has 0 amide bonds. The van der Waals surface area contributed by atoms with Gasteiger partial charge < -0.3 is 10.1 Å². The first kappa shape index (κ1) is 14.4. The molecule has 0 bridgehead atoms. The second-order valence-electron chi connectivity index (χ2n) is 4.40. The molecule has 0 radical (unpaired) electrons. The van der Waals surface area contributed by atoms with Crippen LogP contribution in [0, 0.1) is 6.92 Å². The largest absolute Gasteiger partial charge is 0.435 e. The van der Waals surface area contributed by atoms with E-state index in [9.17, 15) is 8.78 Å². The fourth-order valence-corrected chi connectivity index (χ4v) is 2.12. The fourth-order valence-electron chi connectivity index (χ4n) is 2.12. The number of halogens is 2. The maximum atomic E-state index is 12.1. The van der Waals surface area contributed by atoms with Crippen molar-refractivity contribution in [1.29, 1.82) is 0 Å². The molecule has 0 aliphatic rings. The molecule has 1 heterocycles. The van der Waals surface area contributed by atoms with E-state index in [2.05, 4.69) is 15.0 Å². The third-order valence-corrected chi connectivity index (χ3v) is 3.12. The van der Waals surface area contributed by atoms with Gasteiger partial charge in [-0.05, 0) is 48.9 Å². The van der Waals surface area contributed by atoms with Gasteiger partial charge in [-0.25, -0.2) is 0 Å². The van der Waals surface area contributed by atoms with Crippen LogP contribution in [-0.4, -0.2) is 18.6 Å². The van der Waals surface area contributed by atoms with E-state index in [0.717, 1.165) is 16.7 Å². The number of aryl methyl sites for hydroxylation is 1. The molecule has 0 saturated carbocycles. The SMILES string of the molecule is CNC(c1ccc(OC(F)F)cc1)c1cnccc1C. The van der Waals surface area contributed by atoms with Crippen molar-refractivity contribution in [2.24, 2.45) is 0 Å². The summed E-state index contributed by atoms with van der Waals surface area (Å²) in [7, 11) is 1.85. The highest BCUT2D eigenvalue weighted by atomic mass is 19.3. The van der Waals surface area contributed by atoms with Crippen LogP contribution >= 0.6 is 0 Å². The number of aromatic nitrogens is 1. The topological polar surface area (TPSA) is 34.1 Å². The molecule has 20 heavy (non-hydrogen) atoms. The van der Waals surface area contributed by atoms with Crippen LogP contribution in [0.4, 0.5) is 8.78 Å². The lowest BCUT2D eigenvalue weighted by atomic mass is 9.97. The summed E-state index contributed by atoms with van der Waals surface area (Å²) in [5.74, 6) is 0.154. The third kappa shape index (κ3) is 3.30. The zero-order valence-electron chi connectivity index (χ0n) is 11.3. The first-order valence-corrected chi connectivity index (χ1v) is 6.24. The molecular formula is C15H16F2N2O. The lowest BCUT2D eigenvalue weighted by Crippen LogP contribution is -2.18. The van der Waals surface area contributed by atoms with Gasteiger partial charge in [-0.3, -0.25) is 4.98 Å². The molecule has 1 aromatic heterocycles. The summed E-state index contributed by atoms with van der Waals surface area (Å²) in [4.78, 5) is 4.13. The summed E-state index contributed by atoms with van der Waals surface area (Å²) in [6.07, 6.45) is 3.55. The number of alkyl halides is 2. The molecule has 0 spiro atoms. The molecular weight excluding hydrogens is 262 g/mol. The van der Waals surface area contributed by atoms with Gasteiger partial charge in [0.2, 0.25) is 0 Å². The quantitative estimate of drug-likeness (QED) is 0.911. The molecule has 1 atom stereocenters. The van der Waals surface area contributed by atoms with Gasteiger partial charge in [0.25, 0.3) is 0 Å². The average Bonchev–Trinajstić information content (AvgIpc) is 2.43. The highest BCUT2D eigenvalue weighted by Crippen LogP contribution is 2.25. The molecule has 0 aliphatic carbocycles. The van der Waals surface area contributed by atoms with Gasteiger partial charge in [0.15, 0.2) is 0 Å². The number of nitrogens with zero attached hydrogens (tertiary/aromatic N) is 1. The van der Waals surface area contributed by atoms with Crippen molar-refractivity contribution in [2.75, 3.05) is 7.05 Å². The number of ether oxygens (including phenoxy) is 1. The molecule has 5 heteroatoms. The van der Waals surface area contributed by atoms with Gasteiger partial charge >= 0.3 is 6.61 Å². The summed E-state index contributed by atoms with van der Waals surface area (Å²) in [6, 6.07) is 8.52. The van der Waals surface area contributed by atoms with Crippen molar-refractivity contribution >= 4 is 0 Å². The second-order valence-corrected chi connectivity index (χ2v) is 4.40. The van der Waals surface area contributed by atoms with E-state index in [1.807, 2.05) is 20.0 Å². The van der Waals surface area contributed by atoms with E-state index in [4.69, 9.17) is 0 Å². The molecule has 0 fully saturated rings. The molecule has 0 saturated heterocycles. The number of hydrogen-bond acceptors (Lipinski definition) is 3. The van der Waals surface area contributed by atoms with Crippen molar-refractivity contribution < 1.29 is 13.5 Å². The first-order chi connectivity index (χ1) is 9.61. The van der Waals surface area contributed by atoms with Crippen molar-refractivity contribution in [3.05, 3.63) is 59.4 Å². The van der Waals surface area contributed by atoms with Crippen molar-refractivity contribution in [2.45, 2.75) is 19.6 Å². The highest BCUT2D eigenvalue weighted by molar-refractivity contribution is 5.37. The number of benzene rings is 1. The Morgan fingerprint density at radius 3 is 2.40 bits per heavy atom. The van der Waals surface area contributed by atoms with Crippen LogP contribution in [0.1, 0.15) is 22.7 Å². The van der Waals surface area contributed by atoms with E-state index in [0.29, 0.717) is 0 Å². The fraction of sp³-hybridized carbons (Fsp3) is 0.267. The van der Waals surface area contributed by atoms with Gasteiger partial charge in [-0.2, -0.15) is 8.78 Å². The summed E-state index contributed by atoms with van der Waals surface area (Å²) in [5.41, 5.74) is 3.13. The minimum atomic E-state index is -2.80. The van der Waals surface area contributed by atoms with Crippen LogP contribution in [0.2, 0.25) is 0 Å². The Bertz CT molecular complexity index is 558. The van der Waals surface area contributed by atoms with E-state index >= 15 is 0 Å². The van der Waals surface area contributed by atoms with Crippen LogP contribution in [-0.2, 0) is 0 Å². The summed E-state index contributed by atoms with van der Waals surface area (Å²) in [5, 5.41) is 3.21. The maximum absolute atomic E-state index is 12.1. The van der Waals surface area contributed by atoms with Gasteiger partial charge in [-0.15, -0.1) is 0 Å². The zero-order chi connectivity index (χ0) is 14.5. The lowest BCUT2D eigenvalue weighted by Gasteiger charge is -2.19. The Balaban J connectivity index is 2.26. The first-order valence-electron chi connectivity index (χ1n) is 6.24. The molecule has 0 aliphatic heterocycles. The number of pyridine rings is 1. The molecule has 1 aromatic carbocycles. The van der Waals surface area contributed by atoms with Crippen LogP contribution < -0.4 is 10.1 Å². The monoisotopic (exact) mass is 278 g/mol. The highest BCUT2D eigenvalue weighted by Gasteiger charge is 2.14. The molecule has 106 valence electrons. The molecule has 1 N–H and O–H groups in total. The Morgan fingerprint density at radius 1 is 1.15 bits per heavy atom. The van der Waals surface area contributed by atoms with Crippen LogP contribution in [0.3, 0.4) is 0 Å². The summed E-state index contributed by atoms with van der Waals surface area (Å²) in [6.45, 7) is -0.795. The van der Waals surface area contributed by atoms with Crippen molar-refractivity contribution in [1.82, 2.24) is 10.3 Å². The Morgan fingerprint density at radius 2 is 1.85 bits per heavy atom. The Labute approximate surface area is 116 Å². The Hall–Kier alpha value is -2.01. The van der Waals surface area contributed by atoms with Crippen LogP contribution in [0.25, 0.3) is 0 Å². The number of nitrogens with one attached hydrogen (secondary N) is 1. The smallest absolute Gasteiger partial charge is 0.387 e. The number of rotatable bonds is 5. The second kappa shape index (κ2) is 6.43. The van der Waals surface area contributed by atoms with Gasteiger partial charge in [0, 0.05) is 12.4 Å². The van der Waals surface area contributed by atoms with Gasteiger partial charge in [0.05, 0.1) is 6.04 Å². The van der Waals surface area contributed by atoms with Gasteiger partial charge in [0.1, 0.15) is 5.75 Å². The van der Waals surface area contributed by atoms with E-state index in [1.165, 1.54) is 12.1 Å². The maximum Gasteiger partial charge on any atom is 0.387 e. The Kier molecular flexibility index (Phi) is 4.63.